The Morgan fingerprint density at radius 1 is 1.65 bits per heavy atom. The molecule has 1 aromatic rings. The number of carbonyl (C=O) groups is 1. The van der Waals surface area contributed by atoms with Crippen molar-refractivity contribution in [2.75, 3.05) is 30.4 Å². The molecule has 1 atom stereocenters. The Morgan fingerprint density at radius 2 is 2.47 bits per heavy atom. The van der Waals surface area contributed by atoms with E-state index < -0.39 is 0 Å². The molecule has 0 aliphatic carbocycles. The van der Waals surface area contributed by atoms with Gasteiger partial charge in [0.1, 0.15) is 11.9 Å². The van der Waals surface area contributed by atoms with Gasteiger partial charge in [-0.2, -0.15) is 0 Å². The number of hydrogen-bond donors (Lipinski definition) is 2. The quantitative estimate of drug-likeness (QED) is 0.813. The van der Waals surface area contributed by atoms with Crippen molar-refractivity contribution in [3.8, 4) is 0 Å². The Labute approximate surface area is 101 Å². The highest BCUT2D eigenvalue weighted by molar-refractivity contribution is 5.86. The molecule has 1 aliphatic heterocycles. The molecule has 1 aliphatic rings. The third-order valence-electron chi connectivity index (χ3n) is 3.05. The second-order valence-corrected chi connectivity index (χ2v) is 4.06. The molecule has 92 valence electrons. The first-order valence-electron chi connectivity index (χ1n) is 5.94. The number of rotatable bonds is 3. The van der Waals surface area contributed by atoms with Crippen molar-refractivity contribution in [3.63, 3.8) is 0 Å². The number of anilines is 2. The van der Waals surface area contributed by atoms with Crippen LogP contribution in [0.3, 0.4) is 0 Å². The van der Waals surface area contributed by atoms with Gasteiger partial charge in [-0.3, -0.25) is 4.79 Å². The van der Waals surface area contributed by atoms with Gasteiger partial charge in [0.25, 0.3) is 0 Å². The summed E-state index contributed by atoms with van der Waals surface area (Å²) in [5, 5.41) is 5.91. The third kappa shape index (κ3) is 2.33. The van der Waals surface area contributed by atoms with Gasteiger partial charge >= 0.3 is 0 Å². The largest absolute Gasteiger partial charge is 0.373 e. The summed E-state index contributed by atoms with van der Waals surface area (Å²) in [4.78, 5) is 18.1. The first-order chi connectivity index (χ1) is 8.26. The maximum Gasteiger partial charge on any atom is 0.242 e. The zero-order chi connectivity index (χ0) is 12.3. The minimum absolute atomic E-state index is 0.0733. The lowest BCUT2D eigenvalue weighted by Crippen LogP contribution is -2.55. The van der Waals surface area contributed by atoms with Gasteiger partial charge < -0.3 is 15.5 Å². The van der Waals surface area contributed by atoms with E-state index >= 15 is 0 Å². The molecule has 1 aromatic heterocycles. The van der Waals surface area contributed by atoms with E-state index in [1.807, 2.05) is 26.1 Å². The zero-order valence-electron chi connectivity index (χ0n) is 10.2. The summed E-state index contributed by atoms with van der Waals surface area (Å²) in [6, 6.07) is 3.85. The fraction of sp³-hybridized carbons (Fsp3) is 0.500. The van der Waals surface area contributed by atoms with Crippen LogP contribution in [0.2, 0.25) is 0 Å². The van der Waals surface area contributed by atoms with Crippen LogP contribution in [-0.2, 0) is 4.79 Å². The highest BCUT2D eigenvalue weighted by atomic mass is 16.2. The van der Waals surface area contributed by atoms with E-state index in [9.17, 15) is 4.79 Å². The predicted octanol–water partition coefficient (Wildman–Crippen LogP) is 0.838. The first-order valence-corrected chi connectivity index (χ1v) is 5.94. The molecule has 0 radical (unpaired) electrons. The molecular weight excluding hydrogens is 216 g/mol. The van der Waals surface area contributed by atoms with Crippen molar-refractivity contribution < 1.29 is 4.79 Å². The number of carbonyl (C=O) groups excluding carboxylic acids is 1. The van der Waals surface area contributed by atoms with Crippen molar-refractivity contribution in [2.45, 2.75) is 19.4 Å². The van der Waals surface area contributed by atoms with Crippen molar-refractivity contribution >= 4 is 17.4 Å². The summed E-state index contributed by atoms with van der Waals surface area (Å²) in [5.74, 6) is 0.935. The van der Waals surface area contributed by atoms with E-state index in [0.29, 0.717) is 6.54 Å². The molecule has 17 heavy (non-hydrogen) atoms. The van der Waals surface area contributed by atoms with Crippen LogP contribution in [0.15, 0.2) is 18.3 Å². The first kappa shape index (κ1) is 11.7. The number of nitrogens with one attached hydrogen (secondary N) is 2. The lowest BCUT2D eigenvalue weighted by molar-refractivity contribution is -0.123. The van der Waals surface area contributed by atoms with E-state index in [-0.39, 0.29) is 11.9 Å². The average Bonchev–Trinajstić information content (AvgIpc) is 2.38. The van der Waals surface area contributed by atoms with Crippen molar-refractivity contribution in [3.05, 3.63) is 18.3 Å². The highest BCUT2D eigenvalue weighted by Gasteiger charge is 2.28. The molecule has 0 saturated carbocycles. The number of hydrogen-bond acceptors (Lipinski definition) is 4. The average molecular weight is 234 g/mol. The second kappa shape index (κ2) is 5.03. The Hall–Kier alpha value is -1.78. The Balaban J connectivity index is 2.27. The Morgan fingerprint density at radius 3 is 3.18 bits per heavy atom. The van der Waals surface area contributed by atoms with E-state index in [1.54, 1.807) is 6.20 Å². The lowest BCUT2D eigenvalue weighted by atomic mass is 10.1. The van der Waals surface area contributed by atoms with Crippen molar-refractivity contribution in [2.24, 2.45) is 0 Å². The van der Waals surface area contributed by atoms with Gasteiger partial charge in [0, 0.05) is 38.1 Å². The fourth-order valence-corrected chi connectivity index (χ4v) is 2.16. The molecule has 1 unspecified atom stereocenters. The number of aromatic nitrogens is 1. The normalized spacial score (nSPS) is 20.0. The molecule has 0 bridgehead atoms. The minimum atomic E-state index is -0.0733. The highest BCUT2D eigenvalue weighted by Crippen LogP contribution is 2.22. The van der Waals surface area contributed by atoms with E-state index in [0.717, 1.165) is 24.5 Å². The van der Waals surface area contributed by atoms with Gasteiger partial charge in [-0.1, -0.05) is 6.92 Å². The molecule has 5 nitrogen and oxygen atoms in total. The molecule has 5 heteroatoms. The van der Waals surface area contributed by atoms with Crippen molar-refractivity contribution in [1.82, 2.24) is 10.3 Å². The molecular formula is C12H18N4O. The Kier molecular flexibility index (Phi) is 3.46. The number of piperazine rings is 1. The zero-order valence-corrected chi connectivity index (χ0v) is 10.2. The van der Waals surface area contributed by atoms with Gasteiger partial charge in [0.2, 0.25) is 5.91 Å². The molecule has 1 fully saturated rings. The van der Waals surface area contributed by atoms with Crippen LogP contribution < -0.4 is 15.5 Å². The molecule has 0 aromatic carbocycles. The fourth-order valence-electron chi connectivity index (χ4n) is 2.16. The number of amides is 1. The monoisotopic (exact) mass is 234 g/mol. The third-order valence-corrected chi connectivity index (χ3v) is 3.05. The summed E-state index contributed by atoms with van der Waals surface area (Å²) >= 11 is 0. The SMILES string of the molecule is CCC1C(=O)NCCN1c1ccnc(NC)c1. The molecule has 1 saturated heterocycles. The molecule has 1 amide bonds. The molecule has 2 heterocycles. The number of nitrogens with zero attached hydrogens (tertiary/aromatic N) is 2. The van der Waals surface area contributed by atoms with E-state index in [1.165, 1.54) is 0 Å². The van der Waals surface area contributed by atoms with E-state index in [4.69, 9.17) is 0 Å². The molecule has 2 rings (SSSR count). The molecule has 2 N–H and O–H groups in total. The van der Waals surface area contributed by atoms with Gasteiger partial charge in [-0.05, 0) is 12.5 Å². The number of pyridine rings is 1. The van der Waals surface area contributed by atoms with Gasteiger partial charge in [0.15, 0.2) is 0 Å². The summed E-state index contributed by atoms with van der Waals surface area (Å²) < 4.78 is 0. The molecule has 0 spiro atoms. The van der Waals surface area contributed by atoms with Crippen LogP contribution in [0.1, 0.15) is 13.3 Å². The van der Waals surface area contributed by atoms with Crippen LogP contribution in [0.4, 0.5) is 11.5 Å². The minimum Gasteiger partial charge on any atom is -0.373 e. The van der Waals surface area contributed by atoms with Crippen LogP contribution in [0, 0.1) is 0 Å². The maximum atomic E-state index is 11.8. The summed E-state index contributed by atoms with van der Waals surface area (Å²) in [7, 11) is 1.84. The van der Waals surface area contributed by atoms with Crippen LogP contribution in [0.5, 0.6) is 0 Å². The van der Waals surface area contributed by atoms with E-state index in [2.05, 4.69) is 20.5 Å². The van der Waals surface area contributed by atoms with Crippen LogP contribution >= 0.6 is 0 Å². The lowest BCUT2D eigenvalue weighted by Gasteiger charge is -2.36. The van der Waals surface area contributed by atoms with Gasteiger partial charge in [-0.25, -0.2) is 4.98 Å². The smallest absolute Gasteiger partial charge is 0.242 e. The van der Waals surface area contributed by atoms with Crippen LogP contribution in [0.25, 0.3) is 0 Å². The standard InChI is InChI=1S/C12H18N4O/c1-3-10-12(17)15-6-7-16(10)9-4-5-14-11(8-9)13-2/h4-5,8,10H,3,6-7H2,1-2H3,(H,13,14)(H,15,17). The summed E-state index contributed by atoms with van der Waals surface area (Å²) in [6.07, 6.45) is 2.57. The maximum absolute atomic E-state index is 11.8. The van der Waals surface area contributed by atoms with Gasteiger partial charge in [-0.15, -0.1) is 0 Å². The Bertz CT molecular complexity index is 407. The second-order valence-electron chi connectivity index (χ2n) is 4.06. The van der Waals surface area contributed by atoms with Crippen molar-refractivity contribution in [1.29, 1.82) is 0 Å². The van der Waals surface area contributed by atoms with Crippen LogP contribution in [-0.4, -0.2) is 37.1 Å². The topological polar surface area (TPSA) is 57.3 Å². The van der Waals surface area contributed by atoms with Gasteiger partial charge in [0.05, 0.1) is 0 Å². The predicted molar refractivity (Wildman–Crippen MR) is 68.2 cm³/mol. The summed E-state index contributed by atoms with van der Waals surface area (Å²) in [6.45, 7) is 3.58. The summed E-state index contributed by atoms with van der Waals surface area (Å²) in [5.41, 5.74) is 1.05.